The molecule has 0 unspecified atom stereocenters. The van der Waals surface area contributed by atoms with Gasteiger partial charge < -0.3 is 4.98 Å². The number of rotatable bonds is 4. The van der Waals surface area contributed by atoms with Gasteiger partial charge in [0.05, 0.1) is 0 Å². The smallest absolute Gasteiger partial charge is 0.279 e. The Hall–Kier alpha value is -3.34. The van der Waals surface area contributed by atoms with Gasteiger partial charge in [-0.3, -0.25) is 4.79 Å². The van der Waals surface area contributed by atoms with Crippen LogP contribution in [0.4, 0.5) is 11.5 Å². The van der Waals surface area contributed by atoms with E-state index in [1.807, 2.05) is 60.7 Å². The van der Waals surface area contributed by atoms with Crippen LogP contribution < -0.4 is 5.56 Å². The lowest BCUT2D eigenvalue weighted by Crippen LogP contribution is -2.09. The Kier molecular flexibility index (Phi) is 4.72. The molecular formula is C19H16N4O. The standard InChI is InChI=1S/C19H16N4O/c1-14-22-18(21-13-16-10-6-3-7-11-16)17(19(24)23-14)20-12-15-8-4-2-5-9-15/h2-13H,1H3,(H,22,23,24). The summed E-state index contributed by atoms with van der Waals surface area (Å²) in [5.74, 6) is 0.797. The van der Waals surface area contributed by atoms with E-state index in [1.54, 1.807) is 19.4 Å². The van der Waals surface area contributed by atoms with Crippen LogP contribution in [0.15, 0.2) is 75.4 Å². The normalized spacial score (nSPS) is 11.4. The van der Waals surface area contributed by atoms with Crippen LogP contribution in [0, 0.1) is 6.92 Å². The summed E-state index contributed by atoms with van der Waals surface area (Å²) in [5.41, 5.74) is 1.71. The van der Waals surface area contributed by atoms with Gasteiger partial charge >= 0.3 is 0 Å². The van der Waals surface area contributed by atoms with Crippen LogP contribution >= 0.6 is 0 Å². The summed E-state index contributed by atoms with van der Waals surface area (Å²) in [6.07, 6.45) is 3.30. The van der Waals surface area contributed by atoms with Gasteiger partial charge in [0.25, 0.3) is 5.56 Å². The van der Waals surface area contributed by atoms with Crippen molar-refractivity contribution in [2.75, 3.05) is 0 Å². The van der Waals surface area contributed by atoms with Crippen LogP contribution in [0.1, 0.15) is 17.0 Å². The second kappa shape index (κ2) is 7.28. The molecule has 0 atom stereocenters. The Balaban J connectivity index is 1.98. The minimum atomic E-state index is -0.310. The van der Waals surface area contributed by atoms with Gasteiger partial charge in [-0.2, -0.15) is 0 Å². The van der Waals surface area contributed by atoms with E-state index in [9.17, 15) is 4.79 Å². The third-order valence-electron chi connectivity index (χ3n) is 3.27. The molecule has 3 rings (SSSR count). The van der Waals surface area contributed by atoms with Crippen molar-refractivity contribution in [1.82, 2.24) is 9.97 Å². The number of aliphatic imine (C=N–C) groups is 2. The molecule has 1 N–H and O–H groups in total. The van der Waals surface area contributed by atoms with E-state index in [4.69, 9.17) is 0 Å². The fourth-order valence-corrected chi connectivity index (χ4v) is 2.12. The molecule has 0 aliphatic rings. The minimum absolute atomic E-state index is 0.191. The maximum Gasteiger partial charge on any atom is 0.279 e. The molecule has 0 radical (unpaired) electrons. The summed E-state index contributed by atoms with van der Waals surface area (Å²) in [4.78, 5) is 27.8. The Labute approximate surface area is 139 Å². The van der Waals surface area contributed by atoms with E-state index in [-0.39, 0.29) is 11.2 Å². The first-order chi connectivity index (χ1) is 11.7. The molecule has 0 bridgehead atoms. The SMILES string of the molecule is Cc1nc(N=Cc2ccccc2)c(N=Cc2ccccc2)c(=O)[nH]1. The molecule has 5 nitrogen and oxygen atoms in total. The predicted molar refractivity (Wildman–Crippen MR) is 97.0 cm³/mol. The van der Waals surface area contributed by atoms with Crippen molar-refractivity contribution in [2.24, 2.45) is 9.98 Å². The van der Waals surface area contributed by atoms with E-state index in [0.717, 1.165) is 11.1 Å². The van der Waals surface area contributed by atoms with Gasteiger partial charge in [0.1, 0.15) is 5.82 Å². The molecule has 0 aliphatic carbocycles. The molecule has 0 saturated carbocycles. The van der Waals surface area contributed by atoms with Crippen LogP contribution in [0.5, 0.6) is 0 Å². The highest BCUT2D eigenvalue weighted by Gasteiger charge is 2.07. The molecule has 0 aliphatic heterocycles. The molecule has 1 heterocycles. The third-order valence-corrected chi connectivity index (χ3v) is 3.27. The van der Waals surface area contributed by atoms with Crippen LogP contribution in [-0.2, 0) is 0 Å². The molecule has 24 heavy (non-hydrogen) atoms. The van der Waals surface area contributed by atoms with E-state index in [1.165, 1.54) is 0 Å². The summed E-state index contributed by atoms with van der Waals surface area (Å²) >= 11 is 0. The number of nitrogens with zero attached hydrogens (tertiary/aromatic N) is 3. The fourth-order valence-electron chi connectivity index (χ4n) is 2.12. The number of nitrogens with one attached hydrogen (secondary N) is 1. The lowest BCUT2D eigenvalue weighted by Gasteiger charge is -2.01. The maximum atomic E-state index is 12.2. The van der Waals surface area contributed by atoms with Crippen LogP contribution in [0.25, 0.3) is 0 Å². The number of H-pyrrole nitrogens is 1. The molecule has 5 heteroatoms. The highest BCUT2D eigenvalue weighted by molar-refractivity contribution is 5.85. The van der Waals surface area contributed by atoms with Crippen LogP contribution in [-0.4, -0.2) is 22.4 Å². The average molecular weight is 316 g/mol. The fraction of sp³-hybridized carbons (Fsp3) is 0.0526. The number of benzene rings is 2. The van der Waals surface area contributed by atoms with Crippen molar-refractivity contribution >= 4 is 23.9 Å². The van der Waals surface area contributed by atoms with Crippen LogP contribution in [0.3, 0.4) is 0 Å². The van der Waals surface area contributed by atoms with Crippen molar-refractivity contribution in [1.29, 1.82) is 0 Å². The Bertz CT molecular complexity index is 929. The van der Waals surface area contributed by atoms with Gasteiger partial charge in [-0.1, -0.05) is 60.7 Å². The molecule has 0 fully saturated rings. The second-order valence-corrected chi connectivity index (χ2v) is 5.16. The number of hydrogen-bond donors (Lipinski definition) is 1. The van der Waals surface area contributed by atoms with E-state index < -0.39 is 0 Å². The molecule has 2 aromatic carbocycles. The molecule has 0 spiro atoms. The molecule has 1 aromatic heterocycles. The molecule has 3 aromatic rings. The molecule has 118 valence electrons. The number of aromatic amines is 1. The number of aryl methyl sites for hydroxylation is 1. The first-order valence-electron chi connectivity index (χ1n) is 7.51. The van der Waals surface area contributed by atoms with Crippen molar-refractivity contribution < 1.29 is 0 Å². The van der Waals surface area contributed by atoms with Crippen molar-refractivity contribution in [3.05, 3.63) is 88.0 Å². The van der Waals surface area contributed by atoms with Crippen molar-refractivity contribution in [3.63, 3.8) is 0 Å². The third kappa shape index (κ3) is 3.89. The quantitative estimate of drug-likeness (QED) is 0.747. The molecule has 0 saturated heterocycles. The average Bonchev–Trinajstić information content (AvgIpc) is 2.61. The summed E-state index contributed by atoms with van der Waals surface area (Å²) in [7, 11) is 0. The molecule has 0 amide bonds. The summed E-state index contributed by atoms with van der Waals surface area (Å²) in [5, 5.41) is 0. The topological polar surface area (TPSA) is 70.5 Å². The maximum absolute atomic E-state index is 12.2. The highest BCUT2D eigenvalue weighted by atomic mass is 16.1. The predicted octanol–water partition coefficient (Wildman–Crippen LogP) is 3.58. The molecular weight excluding hydrogens is 300 g/mol. The first-order valence-corrected chi connectivity index (χ1v) is 7.51. The van der Waals surface area contributed by atoms with Crippen LogP contribution in [0.2, 0.25) is 0 Å². The lowest BCUT2D eigenvalue weighted by molar-refractivity contribution is 1.01. The number of hydrogen-bond acceptors (Lipinski definition) is 4. The summed E-state index contributed by atoms with van der Waals surface area (Å²) in [6.45, 7) is 1.72. The monoisotopic (exact) mass is 316 g/mol. The Morgan fingerprint density at radius 2 is 1.42 bits per heavy atom. The van der Waals surface area contributed by atoms with E-state index in [0.29, 0.717) is 11.6 Å². The highest BCUT2D eigenvalue weighted by Crippen LogP contribution is 2.20. The van der Waals surface area contributed by atoms with E-state index >= 15 is 0 Å². The zero-order valence-corrected chi connectivity index (χ0v) is 13.2. The van der Waals surface area contributed by atoms with Gasteiger partial charge in [0, 0.05) is 12.4 Å². The summed E-state index contributed by atoms with van der Waals surface area (Å²) < 4.78 is 0. The lowest BCUT2D eigenvalue weighted by atomic mass is 10.2. The number of aromatic nitrogens is 2. The zero-order valence-electron chi connectivity index (χ0n) is 13.2. The summed E-state index contributed by atoms with van der Waals surface area (Å²) in [6, 6.07) is 19.2. The first kappa shape index (κ1) is 15.6. The second-order valence-electron chi connectivity index (χ2n) is 5.16. The minimum Gasteiger partial charge on any atom is -0.309 e. The van der Waals surface area contributed by atoms with Gasteiger partial charge in [0.15, 0.2) is 11.5 Å². The van der Waals surface area contributed by atoms with Gasteiger partial charge in [-0.25, -0.2) is 15.0 Å². The van der Waals surface area contributed by atoms with Crippen molar-refractivity contribution in [2.45, 2.75) is 6.92 Å². The van der Waals surface area contributed by atoms with E-state index in [2.05, 4.69) is 20.0 Å². The van der Waals surface area contributed by atoms with Gasteiger partial charge in [-0.05, 0) is 18.1 Å². The van der Waals surface area contributed by atoms with Gasteiger partial charge in [0.2, 0.25) is 0 Å². The Morgan fingerprint density at radius 3 is 2.00 bits per heavy atom. The van der Waals surface area contributed by atoms with Crippen molar-refractivity contribution in [3.8, 4) is 0 Å². The van der Waals surface area contributed by atoms with Gasteiger partial charge in [-0.15, -0.1) is 0 Å². The zero-order chi connectivity index (χ0) is 16.8. The largest absolute Gasteiger partial charge is 0.309 e. The Morgan fingerprint density at radius 1 is 0.875 bits per heavy atom.